The maximum atomic E-state index is 13.9. The lowest BCUT2D eigenvalue weighted by Crippen LogP contribution is -2.61. The summed E-state index contributed by atoms with van der Waals surface area (Å²) in [5.74, 6) is -10.1. The van der Waals surface area contributed by atoms with Gasteiger partial charge in [0.05, 0.1) is 12.6 Å². The molecule has 17 N–H and O–H groups in total. The first kappa shape index (κ1) is 64.6. The van der Waals surface area contributed by atoms with E-state index >= 15 is 0 Å². The van der Waals surface area contributed by atoms with E-state index < -0.39 is 138 Å². The van der Waals surface area contributed by atoms with E-state index in [2.05, 4.69) is 52.8 Å². The topological polar surface area (TPSA) is 427 Å². The molecule has 0 aliphatic heterocycles. The molecule has 0 bridgehead atoms. The van der Waals surface area contributed by atoms with Crippen LogP contribution in [0.5, 0.6) is 0 Å². The van der Waals surface area contributed by atoms with Gasteiger partial charge in [-0.1, -0.05) is 83.7 Å². The summed E-state index contributed by atoms with van der Waals surface area (Å²) >= 11 is 0. The van der Waals surface area contributed by atoms with Gasteiger partial charge in [-0.3, -0.25) is 57.7 Å². The number of aliphatic hydroxyl groups excluding tert-OH is 1. The first-order chi connectivity index (χ1) is 34.8. The van der Waals surface area contributed by atoms with Crippen LogP contribution in [-0.2, 0) is 59.2 Å². The fraction of sp³-hybridized carbons (Fsp3) is 0.625. The highest BCUT2D eigenvalue weighted by Gasteiger charge is 2.35. The van der Waals surface area contributed by atoms with E-state index in [1.807, 2.05) is 13.8 Å². The molecular weight excluding hydrogens is 967 g/mol. The molecule has 0 heterocycles. The number of aliphatic hydroxyl groups is 1. The fourth-order valence-corrected chi connectivity index (χ4v) is 7.16. The summed E-state index contributed by atoms with van der Waals surface area (Å²) in [5.41, 5.74) is 17.1. The summed E-state index contributed by atoms with van der Waals surface area (Å²) in [5, 5.41) is 42.5. The van der Waals surface area contributed by atoms with Crippen molar-refractivity contribution >= 4 is 71.0 Å². The van der Waals surface area contributed by atoms with Crippen LogP contribution in [-0.4, -0.2) is 149 Å². The summed E-state index contributed by atoms with van der Waals surface area (Å²) < 4.78 is 0. The molecule has 9 atom stereocenters. The van der Waals surface area contributed by atoms with Crippen LogP contribution in [0.1, 0.15) is 118 Å². The number of unbranched alkanes of at least 4 members (excludes halogenated alkanes) is 2. The van der Waals surface area contributed by atoms with Gasteiger partial charge in [-0.25, -0.2) is 0 Å². The average molecular weight is 1050 g/mol. The molecule has 0 aromatic heterocycles. The number of aliphatic imine (C=N–C) groups is 1. The third-order valence-corrected chi connectivity index (χ3v) is 11.3. The molecule has 74 heavy (non-hydrogen) atoms. The predicted molar refractivity (Wildman–Crippen MR) is 271 cm³/mol. The smallest absolute Gasteiger partial charge is 0.303 e. The highest BCUT2D eigenvalue weighted by atomic mass is 16.4. The minimum Gasteiger partial charge on any atom is -0.481 e. The molecule has 0 aliphatic carbocycles. The Balaban J connectivity index is 3.23. The molecule has 414 valence electrons. The van der Waals surface area contributed by atoms with Gasteiger partial charge in [0.1, 0.15) is 48.3 Å². The van der Waals surface area contributed by atoms with Gasteiger partial charge in [-0.2, -0.15) is 0 Å². The second-order valence-corrected chi connectivity index (χ2v) is 18.2. The third kappa shape index (κ3) is 25.3. The number of carboxylic acid groups (broad SMARTS) is 1. The maximum absolute atomic E-state index is 13.9. The van der Waals surface area contributed by atoms with Crippen molar-refractivity contribution < 1.29 is 63.0 Å². The number of rotatable bonds is 35. The third-order valence-electron chi connectivity index (χ3n) is 11.3. The number of aliphatic carboxylic acids is 1. The standard InChI is InChI=1S/C48H79N13O13/c1-8-10-18-32(58-44(71)34(21-22-37(65)66)60-46(73)38(26(3)4)55-29(7)63)43(70)59-33(19-11-9-2)45(72)61-39(28(6)62)47(74)54-27(5)41(68)57-31(20-15-23-52-48(50)51)42(69)53-25-36(64)56-35(40(49)67)24-30-16-13-12-14-17-30/h12-14,16-17,26-28,31-35,38-39,62H,8-11,15,18-25H2,1-7H3,(H2,49,67)(H,53,69)(H,54,74)(H,55,63)(H,56,64)(H,57,68)(H,58,71)(H,59,70)(H,60,73)(H,61,72)(H,65,66)(H4,50,51,52)/t27-,28+,31-,32-,33-,34-,35-,38-,39-/m0/s1. The Morgan fingerprint density at radius 3 is 1.54 bits per heavy atom. The molecular formula is C48H79N13O13. The number of guanidine groups is 1. The van der Waals surface area contributed by atoms with E-state index in [4.69, 9.17) is 17.2 Å². The van der Waals surface area contributed by atoms with Gasteiger partial charge >= 0.3 is 5.97 Å². The van der Waals surface area contributed by atoms with Crippen molar-refractivity contribution in [2.45, 2.75) is 174 Å². The van der Waals surface area contributed by atoms with Gasteiger partial charge in [0.25, 0.3) is 0 Å². The summed E-state index contributed by atoms with van der Waals surface area (Å²) in [6.45, 7) is 10.1. The number of nitrogens with zero attached hydrogens (tertiary/aromatic N) is 1. The Kier molecular flexibility index (Phi) is 29.8. The van der Waals surface area contributed by atoms with Crippen molar-refractivity contribution in [1.82, 2.24) is 47.9 Å². The number of primary amides is 1. The van der Waals surface area contributed by atoms with E-state index in [-0.39, 0.29) is 51.0 Å². The van der Waals surface area contributed by atoms with Crippen LogP contribution in [0, 0.1) is 5.92 Å². The van der Waals surface area contributed by atoms with Gasteiger partial charge in [-0.15, -0.1) is 0 Å². The molecule has 1 aromatic rings. The second-order valence-electron chi connectivity index (χ2n) is 18.2. The summed E-state index contributed by atoms with van der Waals surface area (Å²) in [7, 11) is 0. The maximum Gasteiger partial charge on any atom is 0.303 e. The highest BCUT2D eigenvalue weighted by Crippen LogP contribution is 2.11. The second kappa shape index (κ2) is 34.1. The van der Waals surface area contributed by atoms with E-state index in [1.165, 1.54) is 20.8 Å². The molecule has 0 fully saturated rings. The molecule has 0 spiro atoms. The van der Waals surface area contributed by atoms with E-state index in [9.17, 15) is 63.0 Å². The van der Waals surface area contributed by atoms with E-state index in [0.717, 1.165) is 5.56 Å². The molecule has 0 unspecified atom stereocenters. The van der Waals surface area contributed by atoms with Crippen molar-refractivity contribution in [3.63, 3.8) is 0 Å². The molecule has 26 nitrogen and oxygen atoms in total. The normalized spacial score (nSPS) is 14.6. The van der Waals surface area contributed by atoms with Crippen LogP contribution < -0.4 is 65.1 Å². The zero-order chi connectivity index (χ0) is 56.1. The van der Waals surface area contributed by atoms with Crippen molar-refractivity contribution in [2.24, 2.45) is 28.1 Å². The first-order valence-electron chi connectivity index (χ1n) is 24.8. The lowest BCUT2D eigenvalue weighted by atomic mass is 10.0. The lowest BCUT2D eigenvalue weighted by Gasteiger charge is -2.28. The predicted octanol–water partition coefficient (Wildman–Crippen LogP) is -2.92. The van der Waals surface area contributed by atoms with Gasteiger partial charge in [0, 0.05) is 26.3 Å². The molecule has 1 rings (SSSR count). The van der Waals surface area contributed by atoms with Gasteiger partial charge in [-0.05, 0) is 57.4 Å². The number of hydrogen-bond donors (Lipinski definition) is 14. The number of benzene rings is 1. The minimum atomic E-state index is -1.69. The Bertz CT molecular complexity index is 2090. The number of nitrogens with one attached hydrogen (secondary N) is 9. The van der Waals surface area contributed by atoms with Crippen LogP contribution in [0.2, 0.25) is 0 Å². The largest absolute Gasteiger partial charge is 0.481 e. The van der Waals surface area contributed by atoms with Crippen LogP contribution in [0.3, 0.4) is 0 Å². The van der Waals surface area contributed by atoms with Crippen LogP contribution in [0.4, 0.5) is 0 Å². The van der Waals surface area contributed by atoms with Gasteiger partial charge in [0.15, 0.2) is 5.96 Å². The van der Waals surface area contributed by atoms with Gasteiger partial charge in [0.2, 0.25) is 59.1 Å². The Morgan fingerprint density at radius 2 is 1.05 bits per heavy atom. The molecule has 10 amide bonds. The summed E-state index contributed by atoms with van der Waals surface area (Å²) in [6.07, 6.45) is -0.173. The zero-order valence-corrected chi connectivity index (χ0v) is 43.4. The number of carboxylic acids is 1. The number of hydrogen-bond acceptors (Lipinski definition) is 13. The van der Waals surface area contributed by atoms with Crippen molar-refractivity contribution in [3.8, 4) is 0 Å². The Morgan fingerprint density at radius 1 is 0.568 bits per heavy atom. The van der Waals surface area contributed by atoms with Crippen LogP contribution in [0.25, 0.3) is 0 Å². The zero-order valence-electron chi connectivity index (χ0n) is 43.4. The molecule has 0 aliphatic rings. The number of carbonyl (C=O) groups is 11. The van der Waals surface area contributed by atoms with E-state index in [0.29, 0.717) is 25.7 Å². The Hall–Kier alpha value is -7.38. The number of carbonyl (C=O) groups excluding carboxylic acids is 10. The molecule has 0 saturated heterocycles. The number of nitrogens with two attached hydrogens (primary N) is 3. The molecule has 26 heteroatoms. The average Bonchev–Trinajstić information content (AvgIpc) is 3.33. The highest BCUT2D eigenvalue weighted by molar-refractivity contribution is 5.98. The minimum absolute atomic E-state index is 0.0419. The quantitative estimate of drug-likeness (QED) is 0.0184. The number of amides is 10. The lowest BCUT2D eigenvalue weighted by molar-refractivity contribution is -0.139. The molecule has 1 aromatic carbocycles. The van der Waals surface area contributed by atoms with Crippen LogP contribution >= 0.6 is 0 Å². The SMILES string of the molecule is CCCC[C@H](NC(=O)[C@H](CCC(=O)O)NC(=O)[C@@H](NC(C)=O)C(C)C)C(=O)N[C@@H](CCCC)C(=O)N[C@H](C(=O)N[C@@H](C)C(=O)N[C@@H](CCCN=C(N)N)C(=O)NCC(=O)N[C@@H](Cc1ccccc1)C(N)=O)[C@@H](C)O. The first-order valence-corrected chi connectivity index (χ1v) is 24.8. The molecule has 0 radical (unpaired) electrons. The van der Waals surface area contributed by atoms with Crippen molar-refractivity contribution in [2.75, 3.05) is 13.1 Å². The Labute approximate surface area is 431 Å². The monoisotopic (exact) mass is 1050 g/mol. The fourth-order valence-electron chi connectivity index (χ4n) is 7.16. The van der Waals surface area contributed by atoms with Crippen molar-refractivity contribution in [1.29, 1.82) is 0 Å². The van der Waals surface area contributed by atoms with Crippen molar-refractivity contribution in [3.05, 3.63) is 35.9 Å². The summed E-state index contributed by atoms with van der Waals surface area (Å²) in [6, 6.07) is -1.83. The molecule has 0 saturated carbocycles. The summed E-state index contributed by atoms with van der Waals surface area (Å²) in [4.78, 5) is 147. The van der Waals surface area contributed by atoms with Crippen LogP contribution in [0.15, 0.2) is 35.3 Å². The van der Waals surface area contributed by atoms with E-state index in [1.54, 1.807) is 44.2 Å². The van der Waals surface area contributed by atoms with Gasteiger partial charge < -0.3 is 75.3 Å².